The number of methoxy groups -OCH3 is 1. The standard InChI is InChI=1S/C31H34FN5O3/c1-31(2,3)40-30(38)36-14-12-21(18-36)15-27-28-25(22-7-8-23(17-33)26(32)16-22)11-13-34-29(28)37(35-27)19-20-5-9-24(39-4)10-6-20/h5-11,13,15-16H,12,14,17-19,33H2,1-4H3/b21-15-. The molecule has 1 saturated heterocycles. The van der Waals surface area contributed by atoms with Crippen LogP contribution in [-0.4, -0.2) is 51.6 Å². The van der Waals surface area contributed by atoms with Gasteiger partial charge in [-0.2, -0.15) is 5.10 Å². The van der Waals surface area contributed by atoms with Gasteiger partial charge in [0.1, 0.15) is 17.2 Å². The average Bonchev–Trinajstić information content (AvgIpc) is 3.53. The molecule has 1 fully saturated rings. The van der Waals surface area contributed by atoms with Crippen molar-refractivity contribution < 1.29 is 18.7 Å². The van der Waals surface area contributed by atoms with Gasteiger partial charge in [0, 0.05) is 31.4 Å². The molecule has 4 aromatic rings. The maximum Gasteiger partial charge on any atom is 0.410 e. The summed E-state index contributed by atoms with van der Waals surface area (Å²) >= 11 is 0. The lowest BCUT2D eigenvalue weighted by Gasteiger charge is -2.23. The molecule has 9 heteroatoms. The molecule has 1 aliphatic rings. The SMILES string of the molecule is COc1ccc(Cn2nc(/C=C3/CCN(C(=O)OC(C)(C)C)C3)c3c(-c4ccc(CN)c(F)c4)ccnc32)cc1. The molecule has 2 aromatic carbocycles. The van der Waals surface area contributed by atoms with Gasteiger partial charge < -0.3 is 20.1 Å². The minimum absolute atomic E-state index is 0.128. The lowest BCUT2D eigenvalue weighted by molar-refractivity contribution is 0.0299. The van der Waals surface area contributed by atoms with Crippen LogP contribution in [0.3, 0.4) is 0 Å². The number of pyridine rings is 1. The Balaban J connectivity index is 1.57. The van der Waals surface area contributed by atoms with E-state index in [0.717, 1.165) is 33.5 Å². The molecule has 5 rings (SSSR count). The van der Waals surface area contributed by atoms with Crippen molar-refractivity contribution in [3.05, 3.63) is 82.9 Å². The summed E-state index contributed by atoms with van der Waals surface area (Å²) in [5.41, 5.74) is 10.6. The van der Waals surface area contributed by atoms with Crippen LogP contribution in [0.4, 0.5) is 9.18 Å². The van der Waals surface area contributed by atoms with E-state index in [0.29, 0.717) is 42.8 Å². The molecule has 2 N–H and O–H groups in total. The number of rotatable bonds is 6. The number of benzene rings is 2. The molecule has 208 valence electrons. The molecule has 0 spiro atoms. The lowest BCUT2D eigenvalue weighted by Crippen LogP contribution is -2.34. The van der Waals surface area contributed by atoms with Crippen LogP contribution < -0.4 is 10.5 Å². The Hall–Kier alpha value is -4.24. The highest BCUT2D eigenvalue weighted by Crippen LogP contribution is 2.33. The van der Waals surface area contributed by atoms with E-state index < -0.39 is 5.60 Å². The Morgan fingerprint density at radius 1 is 1.15 bits per heavy atom. The minimum atomic E-state index is -0.560. The molecule has 8 nitrogen and oxygen atoms in total. The molecule has 3 heterocycles. The number of hydrogen-bond acceptors (Lipinski definition) is 6. The maximum atomic E-state index is 14.8. The second-order valence-electron chi connectivity index (χ2n) is 10.9. The van der Waals surface area contributed by atoms with Crippen molar-refractivity contribution in [1.82, 2.24) is 19.7 Å². The third-order valence-corrected chi connectivity index (χ3v) is 6.82. The normalized spacial score (nSPS) is 14.8. The topological polar surface area (TPSA) is 95.5 Å². The molecule has 0 radical (unpaired) electrons. The molecule has 1 amide bonds. The van der Waals surface area contributed by atoms with Crippen LogP contribution in [0.2, 0.25) is 0 Å². The zero-order valence-corrected chi connectivity index (χ0v) is 23.3. The summed E-state index contributed by atoms with van der Waals surface area (Å²) < 4.78 is 27.5. The summed E-state index contributed by atoms with van der Waals surface area (Å²) in [6.45, 7) is 7.22. The van der Waals surface area contributed by atoms with Gasteiger partial charge in [0.05, 0.1) is 24.7 Å². The fourth-order valence-corrected chi connectivity index (χ4v) is 4.84. The van der Waals surface area contributed by atoms with Gasteiger partial charge in [0.2, 0.25) is 0 Å². The van der Waals surface area contributed by atoms with Crippen LogP contribution in [0.15, 0.2) is 60.3 Å². The van der Waals surface area contributed by atoms with Crippen molar-refractivity contribution in [3.63, 3.8) is 0 Å². The molecule has 0 bridgehead atoms. The van der Waals surface area contributed by atoms with Gasteiger partial charge >= 0.3 is 6.09 Å². The van der Waals surface area contributed by atoms with E-state index in [1.165, 1.54) is 6.07 Å². The van der Waals surface area contributed by atoms with Gasteiger partial charge in [-0.3, -0.25) is 0 Å². The first-order chi connectivity index (χ1) is 19.1. The summed E-state index contributed by atoms with van der Waals surface area (Å²) in [6.07, 6.45) is 4.12. The van der Waals surface area contributed by atoms with E-state index in [2.05, 4.69) is 4.98 Å². The van der Waals surface area contributed by atoms with Gasteiger partial charge in [0.15, 0.2) is 5.65 Å². The summed E-state index contributed by atoms with van der Waals surface area (Å²) in [7, 11) is 1.64. The van der Waals surface area contributed by atoms with Crippen molar-refractivity contribution in [2.75, 3.05) is 20.2 Å². The Morgan fingerprint density at radius 3 is 2.60 bits per heavy atom. The number of halogens is 1. The number of likely N-dealkylation sites (tertiary alicyclic amines) is 1. The van der Waals surface area contributed by atoms with Gasteiger partial charge in [-0.25, -0.2) is 18.9 Å². The summed E-state index contributed by atoms with van der Waals surface area (Å²) in [6, 6.07) is 14.8. The predicted molar refractivity (Wildman–Crippen MR) is 153 cm³/mol. The second kappa shape index (κ2) is 11.1. The molecule has 40 heavy (non-hydrogen) atoms. The van der Waals surface area contributed by atoms with Gasteiger partial charge in [-0.15, -0.1) is 0 Å². The highest BCUT2D eigenvalue weighted by Gasteiger charge is 2.27. The van der Waals surface area contributed by atoms with Crippen LogP contribution in [0.1, 0.15) is 44.0 Å². The Kier molecular flexibility index (Phi) is 7.58. The Morgan fingerprint density at radius 2 is 1.93 bits per heavy atom. The van der Waals surface area contributed by atoms with Crippen LogP contribution >= 0.6 is 0 Å². The van der Waals surface area contributed by atoms with Crippen molar-refractivity contribution in [1.29, 1.82) is 0 Å². The number of aromatic nitrogens is 3. The van der Waals surface area contributed by atoms with Crippen LogP contribution in [0.5, 0.6) is 5.75 Å². The lowest BCUT2D eigenvalue weighted by atomic mass is 9.99. The maximum absolute atomic E-state index is 14.8. The number of amides is 1. The molecule has 0 aliphatic carbocycles. The molecule has 0 saturated carbocycles. The third kappa shape index (κ3) is 5.84. The van der Waals surface area contributed by atoms with Crippen molar-refractivity contribution in [3.8, 4) is 16.9 Å². The largest absolute Gasteiger partial charge is 0.497 e. The quantitative estimate of drug-likeness (QED) is 0.331. The Labute approximate surface area is 233 Å². The summed E-state index contributed by atoms with van der Waals surface area (Å²) in [4.78, 5) is 19.0. The zero-order chi connectivity index (χ0) is 28.4. The first-order valence-corrected chi connectivity index (χ1v) is 13.3. The van der Waals surface area contributed by atoms with Crippen molar-refractivity contribution >= 4 is 23.2 Å². The number of carbonyl (C=O) groups excluding carboxylic acids is 1. The van der Waals surface area contributed by atoms with Gasteiger partial charge in [-0.05, 0) is 79.8 Å². The molecule has 0 unspecified atom stereocenters. The molecule has 2 aromatic heterocycles. The number of fused-ring (bicyclic) bond motifs is 1. The first kappa shape index (κ1) is 27.3. The average molecular weight is 544 g/mol. The van der Waals surface area contributed by atoms with Gasteiger partial charge in [-0.1, -0.05) is 24.3 Å². The second-order valence-corrected chi connectivity index (χ2v) is 10.9. The van der Waals surface area contributed by atoms with Crippen molar-refractivity contribution in [2.24, 2.45) is 5.73 Å². The number of ether oxygens (including phenoxy) is 2. The van der Waals surface area contributed by atoms with Crippen LogP contribution in [0, 0.1) is 5.82 Å². The fourth-order valence-electron chi connectivity index (χ4n) is 4.84. The van der Waals surface area contributed by atoms with E-state index >= 15 is 0 Å². The van der Waals surface area contributed by atoms with Crippen LogP contribution in [0.25, 0.3) is 28.2 Å². The predicted octanol–water partition coefficient (Wildman–Crippen LogP) is 5.78. The fraction of sp³-hybridized carbons (Fsp3) is 0.323. The zero-order valence-electron chi connectivity index (χ0n) is 23.3. The first-order valence-electron chi connectivity index (χ1n) is 13.3. The van der Waals surface area contributed by atoms with E-state index in [4.69, 9.17) is 20.3 Å². The molecular weight excluding hydrogens is 509 g/mol. The highest BCUT2D eigenvalue weighted by molar-refractivity contribution is 5.98. The summed E-state index contributed by atoms with van der Waals surface area (Å²) in [5, 5.41) is 5.78. The smallest absolute Gasteiger partial charge is 0.410 e. The number of nitrogens with two attached hydrogens (primary N) is 1. The number of nitrogens with zero attached hydrogens (tertiary/aromatic N) is 4. The van der Waals surface area contributed by atoms with Crippen LogP contribution in [-0.2, 0) is 17.8 Å². The molecule has 1 aliphatic heterocycles. The highest BCUT2D eigenvalue weighted by atomic mass is 19.1. The summed E-state index contributed by atoms with van der Waals surface area (Å²) in [5.74, 6) is 0.429. The van der Waals surface area contributed by atoms with Gasteiger partial charge in [0.25, 0.3) is 0 Å². The molecule has 0 atom stereocenters. The number of hydrogen-bond donors (Lipinski definition) is 1. The van der Waals surface area contributed by atoms with E-state index in [-0.39, 0.29) is 18.5 Å². The van der Waals surface area contributed by atoms with E-state index in [1.54, 1.807) is 24.3 Å². The third-order valence-electron chi connectivity index (χ3n) is 6.82. The monoisotopic (exact) mass is 543 g/mol. The van der Waals surface area contributed by atoms with Crippen molar-refractivity contribution in [2.45, 2.75) is 45.9 Å². The minimum Gasteiger partial charge on any atom is -0.497 e. The number of carbonyl (C=O) groups is 1. The molecular formula is C31H34FN5O3. The van der Waals surface area contributed by atoms with E-state index in [9.17, 15) is 9.18 Å². The Bertz CT molecular complexity index is 1570. The van der Waals surface area contributed by atoms with E-state index in [1.807, 2.05) is 67.9 Å².